The van der Waals surface area contributed by atoms with Crippen LogP contribution in [0.3, 0.4) is 0 Å². The van der Waals surface area contributed by atoms with Crippen LogP contribution < -0.4 is 0 Å². The van der Waals surface area contributed by atoms with Gasteiger partial charge in [0.25, 0.3) is 0 Å². The first-order valence-corrected chi connectivity index (χ1v) is 5.24. The van der Waals surface area contributed by atoms with Gasteiger partial charge in [0.2, 0.25) is 0 Å². The Morgan fingerprint density at radius 1 is 1.44 bits per heavy atom. The molecule has 0 N–H and O–H groups in total. The highest BCUT2D eigenvalue weighted by molar-refractivity contribution is 5.70. The number of furan rings is 1. The van der Waals surface area contributed by atoms with Crippen LogP contribution in [0.4, 0.5) is 0 Å². The number of aldehydes is 1. The number of ether oxygens (including phenoxy) is 2. The van der Waals surface area contributed by atoms with E-state index in [0.29, 0.717) is 31.0 Å². The molecule has 0 saturated carbocycles. The van der Waals surface area contributed by atoms with Crippen LogP contribution in [-0.4, -0.2) is 25.6 Å². The molecule has 0 bridgehead atoms. The van der Waals surface area contributed by atoms with Crippen molar-refractivity contribution >= 4 is 6.29 Å². The third-order valence-corrected chi connectivity index (χ3v) is 2.44. The van der Waals surface area contributed by atoms with Crippen LogP contribution in [-0.2, 0) is 16.1 Å². The fourth-order valence-corrected chi connectivity index (χ4v) is 1.13. The molecule has 4 heteroatoms. The Morgan fingerprint density at radius 3 is 2.75 bits per heavy atom. The van der Waals surface area contributed by atoms with E-state index >= 15 is 0 Å². The van der Waals surface area contributed by atoms with E-state index in [0.717, 1.165) is 6.42 Å². The monoisotopic (exact) mass is 226 g/mol. The lowest BCUT2D eigenvalue weighted by Crippen LogP contribution is -2.24. The van der Waals surface area contributed by atoms with E-state index in [-0.39, 0.29) is 5.60 Å². The summed E-state index contributed by atoms with van der Waals surface area (Å²) in [6.07, 6.45) is 1.49. The van der Waals surface area contributed by atoms with E-state index in [1.165, 1.54) is 0 Å². The lowest BCUT2D eigenvalue weighted by atomic mass is 10.1. The summed E-state index contributed by atoms with van der Waals surface area (Å²) in [4.78, 5) is 10.4. The fraction of sp³-hybridized carbons (Fsp3) is 0.583. The molecule has 0 aromatic carbocycles. The molecule has 16 heavy (non-hydrogen) atoms. The molecule has 0 radical (unpaired) electrons. The van der Waals surface area contributed by atoms with E-state index in [9.17, 15) is 4.79 Å². The average molecular weight is 226 g/mol. The Morgan fingerprint density at radius 2 is 2.19 bits per heavy atom. The largest absolute Gasteiger partial charge is 0.456 e. The van der Waals surface area contributed by atoms with Gasteiger partial charge in [-0.25, -0.2) is 0 Å². The zero-order chi connectivity index (χ0) is 12.0. The minimum atomic E-state index is -0.170. The number of hydrogen-bond donors (Lipinski definition) is 0. The highest BCUT2D eigenvalue weighted by Gasteiger charge is 2.15. The maximum atomic E-state index is 10.4. The smallest absolute Gasteiger partial charge is 0.185 e. The van der Waals surface area contributed by atoms with Crippen LogP contribution in [0.2, 0.25) is 0 Å². The second kappa shape index (κ2) is 5.82. The first-order chi connectivity index (χ1) is 7.57. The molecule has 0 atom stereocenters. The van der Waals surface area contributed by atoms with Crippen molar-refractivity contribution in [1.29, 1.82) is 0 Å². The summed E-state index contributed by atoms with van der Waals surface area (Å²) in [5.74, 6) is 0.994. The Labute approximate surface area is 95.5 Å². The van der Waals surface area contributed by atoms with Gasteiger partial charge in [0, 0.05) is 13.7 Å². The van der Waals surface area contributed by atoms with Gasteiger partial charge in [0.1, 0.15) is 12.4 Å². The number of carbonyl (C=O) groups is 1. The summed E-state index contributed by atoms with van der Waals surface area (Å²) in [6.45, 7) is 4.99. The standard InChI is InChI=1S/C12H18O4/c1-12(2,14-3)6-7-15-9-11-5-4-10(8-13)16-11/h4-5,8H,6-7,9H2,1-3H3. The van der Waals surface area contributed by atoms with E-state index < -0.39 is 0 Å². The summed E-state index contributed by atoms with van der Waals surface area (Å²) in [5, 5.41) is 0. The summed E-state index contributed by atoms with van der Waals surface area (Å²) < 4.78 is 15.9. The van der Waals surface area contributed by atoms with Crippen molar-refractivity contribution in [3.63, 3.8) is 0 Å². The molecule has 1 aromatic rings. The van der Waals surface area contributed by atoms with Gasteiger partial charge in [-0.3, -0.25) is 4.79 Å². The third kappa shape index (κ3) is 4.16. The molecule has 4 nitrogen and oxygen atoms in total. The van der Waals surface area contributed by atoms with Gasteiger partial charge in [0.05, 0.1) is 5.60 Å². The van der Waals surface area contributed by atoms with Gasteiger partial charge in [-0.05, 0) is 32.4 Å². The van der Waals surface area contributed by atoms with Crippen molar-refractivity contribution < 1.29 is 18.7 Å². The normalized spacial score (nSPS) is 11.7. The molecular weight excluding hydrogens is 208 g/mol. The maximum absolute atomic E-state index is 10.4. The molecule has 0 saturated heterocycles. The summed E-state index contributed by atoms with van der Waals surface area (Å²) in [6, 6.07) is 3.37. The zero-order valence-corrected chi connectivity index (χ0v) is 9.99. The van der Waals surface area contributed by atoms with Crippen LogP contribution in [0.5, 0.6) is 0 Å². The minimum absolute atomic E-state index is 0.170. The topological polar surface area (TPSA) is 48.7 Å². The molecule has 90 valence electrons. The van der Waals surface area contributed by atoms with Crippen molar-refractivity contribution in [2.45, 2.75) is 32.5 Å². The predicted octanol–water partition coefficient (Wildman–Crippen LogP) is 2.42. The van der Waals surface area contributed by atoms with Gasteiger partial charge in [-0.2, -0.15) is 0 Å². The molecule has 0 aliphatic carbocycles. The predicted molar refractivity (Wildman–Crippen MR) is 59.5 cm³/mol. The molecule has 0 amide bonds. The minimum Gasteiger partial charge on any atom is -0.456 e. The summed E-state index contributed by atoms with van der Waals surface area (Å²) >= 11 is 0. The lowest BCUT2D eigenvalue weighted by molar-refractivity contribution is -0.0143. The molecule has 1 heterocycles. The van der Waals surface area contributed by atoms with Crippen LogP contribution >= 0.6 is 0 Å². The number of hydrogen-bond acceptors (Lipinski definition) is 4. The highest BCUT2D eigenvalue weighted by atomic mass is 16.5. The second-order valence-corrected chi connectivity index (χ2v) is 4.19. The number of carbonyl (C=O) groups excluding carboxylic acids is 1. The molecule has 1 aromatic heterocycles. The fourth-order valence-electron chi connectivity index (χ4n) is 1.13. The SMILES string of the molecule is COC(C)(C)CCOCc1ccc(C=O)o1. The molecular formula is C12H18O4. The van der Waals surface area contributed by atoms with Crippen LogP contribution in [0.15, 0.2) is 16.5 Å². The molecule has 0 aliphatic rings. The molecule has 1 rings (SSSR count). The number of rotatable bonds is 7. The van der Waals surface area contributed by atoms with Gasteiger partial charge in [0.15, 0.2) is 12.0 Å². The van der Waals surface area contributed by atoms with Crippen LogP contribution in [0, 0.1) is 0 Å². The van der Waals surface area contributed by atoms with Crippen molar-refractivity contribution in [3.05, 3.63) is 23.7 Å². The van der Waals surface area contributed by atoms with Gasteiger partial charge in [-0.15, -0.1) is 0 Å². The first-order valence-electron chi connectivity index (χ1n) is 5.24. The Bertz CT molecular complexity index is 328. The second-order valence-electron chi connectivity index (χ2n) is 4.19. The number of methoxy groups -OCH3 is 1. The Kier molecular flexibility index (Phi) is 4.71. The van der Waals surface area contributed by atoms with Crippen molar-refractivity contribution in [3.8, 4) is 0 Å². The summed E-state index contributed by atoms with van der Waals surface area (Å²) in [5.41, 5.74) is -0.170. The summed E-state index contributed by atoms with van der Waals surface area (Å²) in [7, 11) is 1.68. The maximum Gasteiger partial charge on any atom is 0.185 e. The van der Waals surface area contributed by atoms with E-state index in [1.807, 2.05) is 13.8 Å². The first kappa shape index (κ1) is 12.9. The van der Waals surface area contributed by atoms with Crippen LogP contribution in [0.1, 0.15) is 36.6 Å². The zero-order valence-electron chi connectivity index (χ0n) is 9.99. The quantitative estimate of drug-likeness (QED) is 0.529. The molecule has 0 aliphatic heterocycles. The molecule has 0 unspecified atom stereocenters. The average Bonchev–Trinajstić information content (AvgIpc) is 2.72. The van der Waals surface area contributed by atoms with Gasteiger partial charge in [-0.1, -0.05) is 0 Å². The Hall–Kier alpha value is -1.13. The van der Waals surface area contributed by atoms with Gasteiger partial charge < -0.3 is 13.9 Å². The molecule has 0 fully saturated rings. The lowest BCUT2D eigenvalue weighted by Gasteiger charge is -2.22. The van der Waals surface area contributed by atoms with Crippen molar-refractivity contribution in [2.24, 2.45) is 0 Å². The highest BCUT2D eigenvalue weighted by Crippen LogP contribution is 2.13. The van der Waals surface area contributed by atoms with Crippen molar-refractivity contribution in [2.75, 3.05) is 13.7 Å². The van der Waals surface area contributed by atoms with Crippen LogP contribution in [0.25, 0.3) is 0 Å². The van der Waals surface area contributed by atoms with E-state index in [4.69, 9.17) is 13.9 Å². The third-order valence-electron chi connectivity index (χ3n) is 2.44. The van der Waals surface area contributed by atoms with Gasteiger partial charge >= 0.3 is 0 Å². The van der Waals surface area contributed by atoms with E-state index in [1.54, 1.807) is 19.2 Å². The van der Waals surface area contributed by atoms with Crippen molar-refractivity contribution in [1.82, 2.24) is 0 Å². The Balaban J connectivity index is 2.23. The van der Waals surface area contributed by atoms with E-state index in [2.05, 4.69) is 0 Å². The molecule has 0 spiro atoms.